The summed E-state index contributed by atoms with van der Waals surface area (Å²) in [6.45, 7) is 3.35. The van der Waals surface area contributed by atoms with Gasteiger partial charge in [-0.1, -0.05) is 28.9 Å². The SMILES string of the molecule is CC(=O)/C(=C(/C)Nc1ccc(Cl)cc1)n1nnc2ccccc21. The van der Waals surface area contributed by atoms with Crippen LogP contribution in [0, 0.1) is 0 Å². The lowest BCUT2D eigenvalue weighted by molar-refractivity contribution is -0.112. The number of ketones is 1. The molecule has 5 nitrogen and oxygen atoms in total. The standard InChI is InChI=1S/C17H15ClN4O/c1-11(19-14-9-7-13(18)8-10-14)17(12(2)23)22-16-6-4-3-5-15(16)20-21-22/h3-10,19H,1-2H3/b17-11+. The van der Waals surface area contributed by atoms with Crippen molar-refractivity contribution in [1.29, 1.82) is 0 Å². The highest BCUT2D eigenvalue weighted by atomic mass is 35.5. The fourth-order valence-electron chi connectivity index (χ4n) is 2.42. The van der Waals surface area contributed by atoms with Gasteiger partial charge in [-0.25, -0.2) is 4.68 Å². The van der Waals surface area contributed by atoms with E-state index in [-0.39, 0.29) is 5.78 Å². The molecule has 0 spiro atoms. The van der Waals surface area contributed by atoms with Gasteiger partial charge >= 0.3 is 0 Å². The molecule has 2 aromatic carbocycles. The maximum Gasteiger partial charge on any atom is 0.180 e. The average Bonchev–Trinajstić information content (AvgIpc) is 2.93. The van der Waals surface area contributed by atoms with Crippen molar-refractivity contribution in [3.8, 4) is 0 Å². The van der Waals surface area contributed by atoms with Gasteiger partial charge in [0.2, 0.25) is 0 Å². The number of carbonyl (C=O) groups is 1. The van der Waals surface area contributed by atoms with Crippen LogP contribution >= 0.6 is 11.6 Å². The summed E-state index contributed by atoms with van der Waals surface area (Å²) in [4.78, 5) is 12.2. The number of nitrogens with zero attached hydrogens (tertiary/aromatic N) is 3. The summed E-state index contributed by atoms with van der Waals surface area (Å²) >= 11 is 5.89. The second kappa shape index (κ2) is 6.22. The molecule has 6 heteroatoms. The second-order valence-corrected chi connectivity index (χ2v) is 5.59. The molecule has 0 saturated carbocycles. The Morgan fingerprint density at radius 3 is 2.48 bits per heavy atom. The minimum absolute atomic E-state index is 0.0976. The first-order valence-electron chi connectivity index (χ1n) is 7.11. The maximum absolute atomic E-state index is 12.2. The summed E-state index contributed by atoms with van der Waals surface area (Å²) in [5.41, 5.74) is 3.51. The van der Waals surface area contributed by atoms with Crippen LogP contribution in [-0.2, 0) is 4.79 Å². The number of fused-ring (bicyclic) bond motifs is 1. The van der Waals surface area contributed by atoms with Crippen LogP contribution in [0.1, 0.15) is 13.8 Å². The number of anilines is 1. The molecule has 0 aliphatic carbocycles. The molecule has 0 fully saturated rings. The molecular weight excluding hydrogens is 312 g/mol. The first kappa shape index (κ1) is 15.2. The van der Waals surface area contributed by atoms with E-state index in [4.69, 9.17) is 11.6 Å². The number of hydrogen-bond donors (Lipinski definition) is 1. The predicted octanol–water partition coefficient (Wildman–Crippen LogP) is 3.97. The molecule has 116 valence electrons. The van der Waals surface area contributed by atoms with Crippen molar-refractivity contribution in [2.45, 2.75) is 13.8 Å². The number of para-hydroxylation sites is 1. The Balaban J connectivity index is 2.06. The van der Waals surface area contributed by atoms with Gasteiger partial charge in [0, 0.05) is 23.3 Å². The number of Topliss-reactive ketones (excluding diaryl/α,β-unsaturated/α-hetero) is 1. The van der Waals surface area contributed by atoms with E-state index in [9.17, 15) is 4.79 Å². The van der Waals surface area contributed by atoms with Gasteiger partial charge in [0.1, 0.15) is 11.2 Å². The molecule has 0 radical (unpaired) electrons. The van der Waals surface area contributed by atoms with Crippen LogP contribution < -0.4 is 5.32 Å². The topological polar surface area (TPSA) is 59.8 Å². The molecule has 0 aliphatic rings. The molecule has 0 bridgehead atoms. The minimum Gasteiger partial charge on any atom is -0.357 e. The van der Waals surface area contributed by atoms with Crippen LogP contribution in [0.5, 0.6) is 0 Å². The van der Waals surface area contributed by atoms with E-state index in [1.54, 1.807) is 16.8 Å². The van der Waals surface area contributed by atoms with Gasteiger partial charge in [-0.3, -0.25) is 4.79 Å². The normalized spacial score (nSPS) is 12.1. The van der Waals surface area contributed by atoms with E-state index in [2.05, 4.69) is 15.6 Å². The molecule has 0 unspecified atom stereocenters. The highest BCUT2D eigenvalue weighted by Crippen LogP contribution is 2.21. The summed E-state index contributed by atoms with van der Waals surface area (Å²) in [5.74, 6) is -0.0976. The van der Waals surface area contributed by atoms with Crippen molar-refractivity contribution in [3.63, 3.8) is 0 Å². The van der Waals surface area contributed by atoms with E-state index in [0.29, 0.717) is 16.4 Å². The fourth-order valence-corrected chi connectivity index (χ4v) is 2.54. The summed E-state index contributed by atoms with van der Waals surface area (Å²) in [7, 11) is 0. The molecule has 1 N–H and O–H groups in total. The Bertz CT molecular complexity index is 896. The molecule has 1 heterocycles. The largest absolute Gasteiger partial charge is 0.357 e. The maximum atomic E-state index is 12.2. The van der Waals surface area contributed by atoms with E-state index in [1.165, 1.54) is 6.92 Å². The van der Waals surface area contributed by atoms with E-state index < -0.39 is 0 Å². The number of benzene rings is 2. The lowest BCUT2D eigenvalue weighted by atomic mass is 10.2. The fraction of sp³-hybridized carbons (Fsp3) is 0.118. The molecule has 1 aromatic heterocycles. The van der Waals surface area contributed by atoms with E-state index in [0.717, 1.165) is 16.7 Å². The first-order chi connectivity index (χ1) is 11.1. The minimum atomic E-state index is -0.0976. The number of nitrogens with one attached hydrogen (secondary N) is 1. The van der Waals surface area contributed by atoms with Gasteiger partial charge in [0.15, 0.2) is 5.78 Å². The van der Waals surface area contributed by atoms with Gasteiger partial charge in [-0.2, -0.15) is 0 Å². The Kier molecular flexibility index (Phi) is 4.12. The van der Waals surface area contributed by atoms with Gasteiger partial charge in [-0.15, -0.1) is 5.10 Å². The third-order valence-corrected chi connectivity index (χ3v) is 3.68. The van der Waals surface area contributed by atoms with Crippen molar-refractivity contribution in [3.05, 3.63) is 59.3 Å². The number of halogens is 1. The number of rotatable bonds is 4. The zero-order valence-corrected chi connectivity index (χ0v) is 13.5. The molecule has 0 saturated heterocycles. The van der Waals surface area contributed by atoms with Crippen molar-refractivity contribution >= 4 is 39.8 Å². The van der Waals surface area contributed by atoms with E-state index >= 15 is 0 Å². The smallest absolute Gasteiger partial charge is 0.180 e. The summed E-state index contributed by atoms with van der Waals surface area (Å²) in [6.07, 6.45) is 0. The average molecular weight is 327 g/mol. The van der Waals surface area contributed by atoms with Crippen LogP contribution in [0.4, 0.5) is 5.69 Å². The number of carbonyl (C=O) groups excluding carboxylic acids is 1. The predicted molar refractivity (Wildman–Crippen MR) is 92.2 cm³/mol. The molecule has 3 aromatic rings. The number of hydrogen-bond acceptors (Lipinski definition) is 4. The van der Waals surface area contributed by atoms with Gasteiger partial charge in [0.05, 0.1) is 5.52 Å². The van der Waals surface area contributed by atoms with Gasteiger partial charge < -0.3 is 5.32 Å². The monoisotopic (exact) mass is 326 g/mol. The van der Waals surface area contributed by atoms with Crippen LogP contribution in [0.2, 0.25) is 5.02 Å². The molecule has 23 heavy (non-hydrogen) atoms. The van der Waals surface area contributed by atoms with Crippen molar-refractivity contribution < 1.29 is 4.79 Å². The Morgan fingerprint density at radius 1 is 1.09 bits per heavy atom. The van der Waals surface area contributed by atoms with Crippen LogP contribution in [-0.4, -0.2) is 20.8 Å². The zero-order valence-electron chi connectivity index (χ0n) is 12.7. The van der Waals surface area contributed by atoms with Gasteiger partial charge in [-0.05, 0) is 43.3 Å². The van der Waals surface area contributed by atoms with E-state index in [1.807, 2.05) is 43.3 Å². The van der Waals surface area contributed by atoms with Crippen molar-refractivity contribution in [2.75, 3.05) is 5.32 Å². The Hall–Kier alpha value is -2.66. The lowest BCUT2D eigenvalue weighted by Crippen LogP contribution is -2.13. The molecular formula is C17H15ClN4O. The molecule has 0 atom stereocenters. The highest BCUT2D eigenvalue weighted by Gasteiger charge is 2.16. The van der Waals surface area contributed by atoms with Crippen molar-refractivity contribution in [2.24, 2.45) is 0 Å². The quantitative estimate of drug-likeness (QED) is 0.737. The van der Waals surface area contributed by atoms with Crippen molar-refractivity contribution in [1.82, 2.24) is 15.0 Å². The summed E-state index contributed by atoms with van der Waals surface area (Å²) in [6, 6.07) is 14.8. The van der Waals surface area contributed by atoms with Gasteiger partial charge in [0.25, 0.3) is 0 Å². The highest BCUT2D eigenvalue weighted by molar-refractivity contribution is 6.30. The summed E-state index contributed by atoms with van der Waals surface area (Å²) < 4.78 is 1.57. The van der Waals surface area contributed by atoms with Crippen LogP contribution in [0.25, 0.3) is 16.7 Å². The Labute approximate surface area is 138 Å². The third-order valence-electron chi connectivity index (χ3n) is 3.43. The second-order valence-electron chi connectivity index (χ2n) is 5.15. The molecule has 0 aliphatic heterocycles. The number of allylic oxidation sites excluding steroid dienone is 2. The first-order valence-corrected chi connectivity index (χ1v) is 7.49. The van der Waals surface area contributed by atoms with Crippen LogP contribution in [0.3, 0.4) is 0 Å². The molecule has 3 rings (SSSR count). The third kappa shape index (κ3) is 3.10. The zero-order chi connectivity index (χ0) is 16.4. The number of aromatic nitrogens is 3. The lowest BCUT2D eigenvalue weighted by Gasteiger charge is -2.12. The Morgan fingerprint density at radius 2 is 1.78 bits per heavy atom. The van der Waals surface area contributed by atoms with Crippen LogP contribution in [0.15, 0.2) is 54.2 Å². The summed E-state index contributed by atoms with van der Waals surface area (Å²) in [5, 5.41) is 12.1. The molecule has 0 amide bonds.